The van der Waals surface area contributed by atoms with Gasteiger partial charge in [0.05, 0.1) is 11.5 Å². The van der Waals surface area contributed by atoms with E-state index >= 15 is 0 Å². The summed E-state index contributed by atoms with van der Waals surface area (Å²) in [5, 5.41) is 0. The van der Waals surface area contributed by atoms with Crippen molar-refractivity contribution in [1.29, 1.82) is 0 Å². The minimum atomic E-state index is -3.57. The van der Waals surface area contributed by atoms with Gasteiger partial charge in [-0.25, -0.2) is 0 Å². The van der Waals surface area contributed by atoms with Crippen molar-refractivity contribution in [2.75, 3.05) is 6.61 Å². The van der Waals surface area contributed by atoms with Gasteiger partial charge in [0.25, 0.3) is 10.1 Å². The van der Waals surface area contributed by atoms with E-state index in [-0.39, 0.29) is 11.5 Å². The summed E-state index contributed by atoms with van der Waals surface area (Å²) in [6, 6.07) is 8.33. The third kappa shape index (κ3) is 11.4. The molecule has 0 heterocycles. The summed E-state index contributed by atoms with van der Waals surface area (Å²) >= 11 is 0. The molecule has 0 aliphatic carbocycles. The lowest BCUT2D eigenvalue weighted by atomic mass is 10.1. The lowest BCUT2D eigenvalue weighted by Gasteiger charge is -2.05. The number of rotatable bonds is 13. The van der Waals surface area contributed by atoms with Crippen LogP contribution in [0.2, 0.25) is 0 Å². The lowest BCUT2D eigenvalue weighted by Crippen LogP contribution is -2.07. The molecule has 0 saturated heterocycles. The highest BCUT2D eigenvalue weighted by Gasteiger charge is 2.13. The Morgan fingerprint density at radius 3 is 1.75 bits per heavy atom. The van der Waals surface area contributed by atoms with E-state index in [1.165, 1.54) is 51.4 Å². The summed E-state index contributed by atoms with van der Waals surface area (Å²) in [4.78, 5) is 8.24. The first-order valence-electron chi connectivity index (χ1n) is 8.90. The average Bonchev–Trinajstić information content (AvgIpc) is 2.62. The van der Waals surface area contributed by atoms with Crippen LogP contribution in [0.5, 0.6) is 0 Å². The molecule has 1 aromatic rings. The summed E-state index contributed by atoms with van der Waals surface area (Å²) in [7, 11) is -3.57. The van der Waals surface area contributed by atoms with Crippen molar-refractivity contribution < 1.29 is 17.4 Å². The third-order valence-corrected chi connectivity index (χ3v) is 5.09. The van der Waals surface area contributed by atoms with Crippen LogP contribution in [-0.2, 0) is 19.1 Å². The van der Waals surface area contributed by atoms with Crippen molar-refractivity contribution >= 4 is 16.9 Å². The number of hydrogen-bond donors (Lipinski definition) is 0. The highest BCUT2D eigenvalue weighted by molar-refractivity contribution is 7.86. The van der Waals surface area contributed by atoms with Crippen molar-refractivity contribution in [3.8, 4) is 0 Å². The first-order chi connectivity index (χ1) is 11.7. The molecule has 0 unspecified atom stereocenters. The maximum absolute atomic E-state index is 11.9. The second-order valence-corrected chi connectivity index (χ2v) is 7.39. The zero-order chi connectivity index (χ0) is 18.1. The van der Waals surface area contributed by atoms with E-state index in [1.54, 1.807) is 30.3 Å². The van der Waals surface area contributed by atoms with E-state index in [1.807, 2.05) is 6.79 Å². The normalized spacial score (nSPS) is 10.9. The Morgan fingerprint density at radius 1 is 0.792 bits per heavy atom. The smallest absolute Gasteiger partial charge is 0.296 e. The van der Waals surface area contributed by atoms with Crippen LogP contribution in [0.3, 0.4) is 0 Å². The van der Waals surface area contributed by atoms with Crippen molar-refractivity contribution in [1.82, 2.24) is 0 Å². The van der Waals surface area contributed by atoms with Gasteiger partial charge in [0.15, 0.2) is 0 Å². The fourth-order valence-corrected chi connectivity index (χ4v) is 3.38. The molecule has 0 atom stereocenters. The van der Waals surface area contributed by atoms with Gasteiger partial charge in [-0.05, 0) is 18.6 Å². The number of carbonyl (C=O) groups excluding carboxylic acids is 1. The molecule has 0 aromatic heterocycles. The highest BCUT2D eigenvalue weighted by Crippen LogP contribution is 2.13. The number of hydrogen-bond acceptors (Lipinski definition) is 4. The molecule has 0 aliphatic rings. The molecule has 4 nitrogen and oxygen atoms in total. The summed E-state index contributed by atoms with van der Waals surface area (Å²) in [6.45, 7) is 4.52. The average molecular weight is 357 g/mol. The van der Waals surface area contributed by atoms with Gasteiger partial charge >= 0.3 is 0 Å². The summed E-state index contributed by atoms with van der Waals surface area (Å²) < 4.78 is 28.8. The Hall–Kier alpha value is -1.20. The molecule has 1 aromatic carbocycles. The third-order valence-electron chi connectivity index (χ3n) is 3.77. The topological polar surface area (TPSA) is 60.4 Å². The fourth-order valence-electron chi connectivity index (χ4n) is 2.41. The van der Waals surface area contributed by atoms with Crippen LogP contribution in [0, 0.1) is 0 Å². The number of carbonyl (C=O) groups is 1. The molecular formula is C19H32O4S. The van der Waals surface area contributed by atoms with Crippen molar-refractivity contribution in [3.63, 3.8) is 0 Å². The van der Waals surface area contributed by atoms with Crippen molar-refractivity contribution in [2.45, 2.75) is 76.0 Å². The minimum absolute atomic E-state index is 0.238. The number of benzene rings is 1. The van der Waals surface area contributed by atoms with E-state index in [2.05, 4.69) is 6.92 Å². The van der Waals surface area contributed by atoms with Crippen molar-refractivity contribution in [3.05, 3.63) is 30.3 Å². The predicted molar refractivity (Wildman–Crippen MR) is 98.5 cm³/mol. The Balaban J connectivity index is 0.00000254. The summed E-state index contributed by atoms with van der Waals surface area (Å²) in [6.07, 6.45) is 12.3. The quantitative estimate of drug-likeness (QED) is 0.363. The van der Waals surface area contributed by atoms with E-state index in [0.717, 1.165) is 12.8 Å². The van der Waals surface area contributed by atoms with Crippen molar-refractivity contribution in [2.24, 2.45) is 0 Å². The van der Waals surface area contributed by atoms with Crippen LogP contribution >= 0.6 is 0 Å². The second kappa shape index (κ2) is 15.3. The zero-order valence-corrected chi connectivity index (χ0v) is 15.7. The van der Waals surface area contributed by atoms with Gasteiger partial charge in [0, 0.05) is 0 Å². The van der Waals surface area contributed by atoms with Gasteiger partial charge in [-0.1, -0.05) is 82.9 Å². The molecule has 0 fully saturated rings. The molecular weight excluding hydrogens is 324 g/mol. The fraction of sp³-hybridized carbons (Fsp3) is 0.632. The standard InChI is InChI=1S/C18H30O3S.CH2O/c1-2-3-4-5-6-7-8-9-10-14-17-21-22(19,20)18-15-12-11-13-16-18;1-2/h11-13,15-16H,2-10,14,17H2,1H3;1H2. The van der Waals surface area contributed by atoms with Gasteiger partial charge < -0.3 is 4.79 Å². The van der Waals surface area contributed by atoms with Crippen LogP contribution in [0.25, 0.3) is 0 Å². The monoisotopic (exact) mass is 356 g/mol. The summed E-state index contributed by atoms with van der Waals surface area (Å²) in [5.41, 5.74) is 0. The Morgan fingerprint density at radius 2 is 1.25 bits per heavy atom. The van der Waals surface area contributed by atoms with Crippen LogP contribution in [0.4, 0.5) is 0 Å². The number of unbranched alkanes of at least 4 members (excludes halogenated alkanes) is 9. The molecule has 0 saturated carbocycles. The van der Waals surface area contributed by atoms with Crippen LogP contribution < -0.4 is 0 Å². The Labute approximate surface area is 147 Å². The maximum atomic E-state index is 11.9. The van der Waals surface area contributed by atoms with E-state index in [9.17, 15) is 8.42 Å². The van der Waals surface area contributed by atoms with E-state index in [4.69, 9.17) is 8.98 Å². The molecule has 0 spiro atoms. The second-order valence-electron chi connectivity index (χ2n) is 5.77. The molecule has 0 amide bonds. The largest absolute Gasteiger partial charge is 0.307 e. The summed E-state index contributed by atoms with van der Waals surface area (Å²) in [5.74, 6) is 0. The molecule has 1 rings (SSSR count). The molecule has 0 bridgehead atoms. The zero-order valence-electron chi connectivity index (χ0n) is 14.9. The van der Waals surface area contributed by atoms with E-state index < -0.39 is 10.1 Å². The molecule has 5 heteroatoms. The highest BCUT2D eigenvalue weighted by atomic mass is 32.2. The van der Waals surface area contributed by atoms with Crippen LogP contribution in [0.15, 0.2) is 35.2 Å². The molecule has 0 radical (unpaired) electrons. The van der Waals surface area contributed by atoms with Gasteiger partial charge in [0.2, 0.25) is 0 Å². The van der Waals surface area contributed by atoms with Gasteiger partial charge in [0.1, 0.15) is 6.79 Å². The molecule has 0 aliphatic heterocycles. The Kier molecular flexibility index (Phi) is 14.6. The molecule has 138 valence electrons. The van der Waals surface area contributed by atoms with Gasteiger partial charge in [-0.15, -0.1) is 0 Å². The lowest BCUT2D eigenvalue weighted by molar-refractivity contribution is -0.0979. The first kappa shape index (κ1) is 22.8. The van der Waals surface area contributed by atoms with Crippen LogP contribution in [-0.4, -0.2) is 21.8 Å². The first-order valence-corrected chi connectivity index (χ1v) is 10.3. The van der Waals surface area contributed by atoms with Gasteiger partial charge in [-0.2, -0.15) is 8.42 Å². The maximum Gasteiger partial charge on any atom is 0.296 e. The molecule has 24 heavy (non-hydrogen) atoms. The Bertz CT molecular complexity index is 485. The predicted octanol–water partition coefficient (Wildman–Crippen LogP) is 5.13. The molecule has 0 N–H and O–H groups in total. The SMILES string of the molecule is C=O.CCCCCCCCCCCCOS(=O)(=O)c1ccccc1. The van der Waals surface area contributed by atoms with Crippen LogP contribution in [0.1, 0.15) is 71.1 Å². The minimum Gasteiger partial charge on any atom is -0.307 e. The van der Waals surface area contributed by atoms with Gasteiger partial charge in [-0.3, -0.25) is 4.18 Å². The van der Waals surface area contributed by atoms with E-state index in [0.29, 0.717) is 0 Å².